The molecule has 4 nitrogen and oxygen atoms in total. The van der Waals surface area contributed by atoms with E-state index >= 15 is 0 Å². The zero-order valence-corrected chi connectivity index (χ0v) is 4.70. The molecule has 0 spiro atoms. The van der Waals surface area contributed by atoms with Crippen LogP contribution in [0.25, 0.3) is 0 Å². The molecule has 0 bridgehead atoms. The van der Waals surface area contributed by atoms with Crippen LogP contribution in [-0.2, 0) is 0 Å². The van der Waals surface area contributed by atoms with Gasteiger partial charge < -0.3 is 21.1 Å². The molecule has 8 heavy (non-hydrogen) atoms. The third kappa shape index (κ3) is 5.84. The molecule has 4 heteroatoms. The summed E-state index contributed by atoms with van der Waals surface area (Å²) in [6.45, 7) is 1.57. The van der Waals surface area contributed by atoms with Gasteiger partial charge in [-0.1, -0.05) is 0 Å². The molecule has 50 valence electrons. The van der Waals surface area contributed by atoms with E-state index in [4.69, 9.17) is 21.1 Å². The second-order valence-electron chi connectivity index (χ2n) is 1.96. The number of hydrogen-bond donors (Lipinski definition) is 4. The summed E-state index contributed by atoms with van der Waals surface area (Å²) in [5, 5.41) is 24.7. The summed E-state index contributed by atoms with van der Waals surface area (Å²) in [6.07, 6.45) is -0.229. The van der Waals surface area contributed by atoms with Crippen molar-refractivity contribution in [1.29, 1.82) is 0 Å². The highest BCUT2D eigenvalue weighted by Crippen LogP contribution is 2.01. The van der Waals surface area contributed by atoms with Crippen LogP contribution in [0.15, 0.2) is 0 Å². The molecule has 0 heterocycles. The molecule has 0 saturated carbocycles. The molecule has 0 aliphatic rings. The van der Waals surface area contributed by atoms with Crippen LogP contribution in [0.1, 0.15) is 13.3 Å². The number of hydrogen-bond acceptors (Lipinski definition) is 4. The predicted octanol–water partition coefficient (Wildman–Crippen LogP) is -1.65. The van der Waals surface area contributed by atoms with E-state index in [1.165, 1.54) is 0 Å². The van der Waals surface area contributed by atoms with Crippen molar-refractivity contribution in [2.45, 2.75) is 25.4 Å². The smallest absolute Gasteiger partial charge is 0.276 e. The Morgan fingerprint density at radius 2 is 1.88 bits per heavy atom. The minimum atomic E-state index is -2.60. The van der Waals surface area contributed by atoms with Crippen LogP contribution in [0.4, 0.5) is 0 Å². The lowest BCUT2D eigenvalue weighted by Gasteiger charge is -2.15. The normalized spacial score (nSPS) is 16.1. The van der Waals surface area contributed by atoms with Gasteiger partial charge in [-0.3, -0.25) is 0 Å². The van der Waals surface area contributed by atoms with Crippen molar-refractivity contribution >= 4 is 0 Å². The van der Waals surface area contributed by atoms with Gasteiger partial charge in [-0.2, -0.15) is 0 Å². The Balaban J connectivity index is 3.39. The first-order chi connectivity index (χ1) is 3.42. The van der Waals surface area contributed by atoms with Crippen LogP contribution in [0.2, 0.25) is 0 Å². The first kappa shape index (κ1) is 7.84. The van der Waals surface area contributed by atoms with Gasteiger partial charge >= 0.3 is 0 Å². The fourth-order valence-electron chi connectivity index (χ4n) is 0.432. The van der Waals surface area contributed by atoms with Crippen LogP contribution in [0.5, 0.6) is 0 Å². The Morgan fingerprint density at radius 1 is 1.50 bits per heavy atom. The van der Waals surface area contributed by atoms with Crippen molar-refractivity contribution in [3.63, 3.8) is 0 Å². The topological polar surface area (TPSA) is 86.7 Å². The summed E-state index contributed by atoms with van der Waals surface area (Å²) in [7, 11) is 0. The highest BCUT2D eigenvalue weighted by Gasteiger charge is 2.19. The van der Waals surface area contributed by atoms with Crippen LogP contribution in [-0.4, -0.2) is 27.3 Å². The van der Waals surface area contributed by atoms with Crippen molar-refractivity contribution in [2.24, 2.45) is 5.73 Å². The number of nitrogens with two attached hydrogens (primary N) is 1. The van der Waals surface area contributed by atoms with Gasteiger partial charge in [-0.25, -0.2) is 0 Å². The van der Waals surface area contributed by atoms with Crippen molar-refractivity contribution in [1.82, 2.24) is 0 Å². The van der Waals surface area contributed by atoms with E-state index in [1.807, 2.05) is 0 Å². The van der Waals surface area contributed by atoms with Crippen LogP contribution in [0.3, 0.4) is 0 Å². The first-order valence-corrected chi connectivity index (χ1v) is 2.34. The second-order valence-corrected chi connectivity index (χ2v) is 1.96. The fourth-order valence-corrected chi connectivity index (χ4v) is 0.432. The average Bonchev–Trinajstić information content (AvgIpc) is 1.21. The molecule has 0 fully saturated rings. The Hall–Kier alpha value is -0.160. The van der Waals surface area contributed by atoms with Gasteiger partial charge in [0.05, 0.1) is 0 Å². The molecule has 1 atom stereocenters. The van der Waals surface area contributed by atoms with E-state index in [-0.39, 0.29) is 6.42 Å². The average molecular weight is 121 g/mol. The van der Waals surface area contributed by atoms with E-state index in [0.717, 1.165) is 0 Å². The first-order valence-electron chi connectivity index (χ1n) is 2.34. The summed E-state index contributed by atoms with van der Waals surface area (Å²) in [5.74, 6) is -2.60. The summed E-state index contributed by atoms with van der Waals surface area (Å²) in [6, 6.07) is -0.407. The van der Waals surface area contributed by atoms with Gasteiger partial charge in [0.25, 0.3) is 5.97 Å². The van der Waals surface area contributed by atoms with E-state index in [1.54, 1.807) is 6.92 Å². The van der Waals surface area contributed by atoms with Crippen molar-refractivity contribution < 1.29 is 15.3 Å². The number of rotatable bonds is 2. The molecule has 0 aliphatic carbocycles. The Morgan fingerprint density at radius 3 is 1.88 bits per heavy atom. The summed E-state index contributed by atoms with van der Waals surface area (Å²) in [5.41, 5.74) is 5.10. The molecule has 1 unspecified atom stereocenters. The van der Waals surface area contributed by atoms with Gasteiger partial charge in [0.15, 0.2) is 0 Å². The van der Waals surface area contributed by atoms with Crippen LogP contribution >= 0.6 is 0 Å². The minimum absolute atomic E-state index is 0.229. The number of aliphatic hydroxyl groups is 3. The van der Waals surface area contributed by atoms with E-state index < -0.39 is 12.0 Å². The molecule has 0 aromatic rings. The highest BCUT2D eigenvalue weighted by molar-refractivity contribution is 4.57. The Labute approximate surface area is 47.6 Å². The van der Waals surface area contributed by atoms with Crippen molar-refractivity contribution in [3.8, 4) is 0 Å². The van der Waals surface area contributed by atoms with E-state index in [0.29, 0.717) is 0 Å². The second kappa shape index (κ2) is 2.41. The Kier molecular flexibility index (Phi) is 2.36. The predicted molar refractivity (Wildman–Crippen MR) is 27.7 cm³/mol. The zero-order valence-electron chi connectivity index (χ0n) is 4.70. The molecule has 0 amide bonds. The maximum atomic E-state index is 8.22. The van der Waals surface area contributed by atoms with Crippen molar-refractivity contribution in [3.05, 3.63) is 0 Å². The minimum Gasteiger partial charge on any atom is -0.344 e. The van der Waals surface area contributed by atoms with Gasteiger partial charge in [0, 0.05) is 12.5 Å². The lowest BCUT2D eigenvalue weighted by atomic mass is 10.2. The zero-order chi connectivity index (χ0) is 6.78. The largest absolute Gasteiger partial charge is 0.344 e. The van der Waals surface area contributed by atoms with Gasteiger partial charge in [0.1, 0.15) is 0 Å². The van der Waals surface area contributed by atoms with E-state index in [2.05, 4.69) is 0 Å². The molecule has 0 rings (SSSR count). The molecule has 0 aromatic carbocycles. The maximum absolute atomic E-state index is 8.22. The van der Waals surface area contributed by atoms with Crippen LogP contribution in [0, 0.1) is 0 Å². The van der Waals surface area contributed by atoms with E-state index in [9.17, 15) is 0 Å². The molecule has 0 saturated heterocycles. The molecular formula is C4H11NO3. The molecular weight excluding hydrogens is 110 g/mol. The molecule has 0 aliphatic heterocycles. The standard InChI is InChI=1S/C4H11NO3/c1-3(5)2-4(6,7)8/h3,6-8H,2,5H2,1H3. The van der Waals surface area contributed by atoms with Crippen molar-refractivity contribution in [2.75, 3.05) is 0 Å². The molecule has 0 aromatic heterocycles. The summed E-state index contributed by atoms with van der Waals surface area (Å²) < 4.78 is 0. The summed E-state index contributed by atoms with van der Waals surface area (Å²) in [4.78, 5) is 0. The summed E-state index contributed by atoms with van der Waals surface area (Å²) >= 11 is 0. The van der Waals surface area contributed by atoms with Crippen LogP contribution < -0.4 is 5.73 Å². The van der Waals surface area contributed by atoms with Gasteiger partial charge in [-0.05, 0) is 6.92 Å². The third-order valence-electron chi connectivity index (χ3n) is 0.596. The highest BCUT2D eigenvalue weighted by atomic mass is 16.7. The lowest BCUT2D eigenvalue weighted by Crippen LogP contribution is -2.34. The quantitative estimate of drug-likeness (QED) is 0.330. The maximum Gasteiger partial charge on any atom is 0.276 e. The SMILES string of the molecule is CC(N)CC(O)(O)O. The molecule has 5 N–H and O–H groups in total. The third-order valence-corrected chi connectivity index (χ3v) is 0.596. The molecule has 0 radical (unpaired) electrons. The lowest BCUT2D eigenvalue weighted by molar-refractivity contribution is -0.315. The Bertz CT molecular complexity index is 66.2. The van der Waals surface area contributed by atoms with Gasteiger partial charge in [-0.15, -0.1) is 0 Å². The monoisotopic (exact) mass is 121 g/mol. The fraction of sp³-hybridized carbons (Fsp3) is 1.00. The van der Waals surface area contributed by atoms with Gasteiger partial charge in [0.2, 0.25) is 0 Å².